The lowest BCUT2D eigenvalue weighted by atomic mass is 10.1. The fourth-order valence-corrected chi connectivity index (χ4v) is 7.63. The van der Waals surface area contributed by atoms with Crippen LogP contribution in [0.3, 0.4) is 0 Å². The first-order valence-corrected chi connectivity index (χ1v) is 19.0. The zero-order valence-corrected chi connectivity index (χ0v) is 21.3. The smallest absolute Gasteiger partial charge is 0.244 e. The summed E-state index contributed by atoms with van der Waals surface area (Å²) in [7, 11) is -2.68. The van der Waals surface area contributed by atoms with Crippen LogP contribution in [0, 0.1) is 0 Å². The van der Waals surface area contributed by atoms with Crippen LogP contribution in [0.25, 0.3) is 0 Å². The van der Waals surface area contributed by atoms with Crippen LogP contribution in [0.15, 0.2) is 41.8 Å². The third kappa shape index (κ3) is 8.08. The van der Waals surface area contributed by atoms with Gasteiger partial charge < -0.3 is 9.33 Å². The first-order chi connectivity index (χ1) is 12.6. The molecule has 1 aliphatic rings. The summed E-state index contributed by atoms with van der Waals surface area (Å²) in [4.78, 5) is 2.61. The van der Waals surface area contributed by atoms with Gasteiger partial charge in [0, 0.05) is 12.6 Å². The zero-order chi connectivity index (χ0) is 20.1. The number of likely N-dealkylation sites (tertiary alicyclic amines) is 1. The first-order valence-electron chi connectivity index (χ1n) is 10.4. The second-order valence-corrected chi connectivity index (χ2v) is 23.6. The van der Waals surface area contributed by atoms with Gasteiger partial charge in [-0.3, -0.25) is 0 Å². The fraction of sp³-hybridized carbons (Fsp3) is 0.636. The maximum atomic E-state index is 6.68. The van der Waals surface area contributed by atoms with E-state index < -0.39 is 15.5 Å². The van der Waals surface area contributed by atoms with Gasteiger partial charge in [-0.15, -0.1) is 0 Å². The first kappa shape index (κ1) is 22.6. The number of allylic oxidation sites excluding steroid dienone is 1. The number of benzene rings is 1. The van der Waals surface area contributed by atoms with Crippen LogP contribution in [0.4, 0.5) is 0 Å². The summed E-state index contributed by atoms with van der Waals surface area (Å²) in [6.45, 7) is 17.7. The van der Waals surface area contributed by atoms with Crippen molar-refractivity contribution < 1.29 is 4.43 Å². The molecule has 27 heavy (non-hydrogen) atoms. The molecule has 0 aliphatic carbocycles. The quantitative estimate of drug-likeness (QED) is 0.324. The molecule has 1 aromatic carbocycles. The van der Waals surface area contributed by atoms with Gasteiger partial charge in [-0.1, -0.05) is 50.0 Å². The van der Waals surface area contributed by atoms with Crippen LogP contribution in [-0.2, 0) is 10.8 Å². The van der Waals surface area contributed by atoms with Gasteiger partial charge in [0.25, 0.3) is 0 Å². The van der Waals surface area contributed by atoms with E-state index in [1.165, 1.54) is 42.0 Å². The molecule has 5 heteroatoms. The van der Waals surface area contributed by atoms with E-state index in [4.69, 9.17) is 4.43 Å². The minimum Gasteiger partial charge on any atom is -0.533 e. The highest BCUT2D eigenvalue weighted by Crippen LogP contribution is 2.32. The predicted octanol–water partition coefficient (Wildman–Crippen LogP) is 6.73. The van der Waals surface area contributed by atoms with Gasteiger partial charge in [0.1, 0.15) is 7.22 Å². The Morgan fingerprint density at radius 3 is 2.37 bits per heavy atom. The van der Waals surface area contributed by atoms with Crippen LogP contribution >= 0.6 is 11.2 Å². The molecule has 1 aliphatic heterocycles. The second kappa shape index (κ2) is 9.70. The van der Waals surface area contributed by atoms with Gasteiger partial charge in [-0.2, -0.15) is 11.2 Å². The summed E-state index contributed by atoms with van der Waals surface area (Å²) in [5.74, 6) is 2.48. The van der Waals surface area contributed by atoms with Gasteiger partial charge in [-0.05, 0) is 69.1 Å². The van der Waals surface area contributed by atoms with Crippen molar-refractivity contribution in [2.24, 2.45) is 0 Å². The fourth-order valence-electron chi connectivity index (χ4n) is 3.56. The Morgan fingerprint density at radius 2 is 1.78 bits per heavy atom. The molecular formula is C22H39NOSSi2. The van der Waals surface area contributed by atoms with E-state index in [1.807, 2.05) is 0 Å². The molecule has 0 amide bonds. The van der Waals surface area contributed by atoms with Crippen LogP contribution < -0.4 is 0 Å². The molecule has 0 spiro atoms. The third-order valence-electron chi connectivity index (χ3n) is 4.70. The Labute approximate surface area is 173 Å². The molecule has 1 saturated heterocycles. The van der Waals surface area contributed by atoms with E-state index in [2.05, 4.69) is 92.6 Å². The maximum absolute atomic E-state index is 6.68. The van der Waals surface area contributed by atoms with E-state index in [1.54, 1.807) is 0 Å². The number of nitrogens with zero attached hydrogens (tertiary/aromatic N) is 1. The summed E-state index contributed by atoms with van der Waals surface area (Å²) in [5, 5.41) is 0. The standard InChI is InChI=1S/C22H39NOSSi2/c1-19(18-20-12-9-8-10-13-20)22(24-26(2,3)4)23-16-11-14-21(23)15-17-25-27(5,6)7/h8-10,12-13,21H,11,14-18H2,1-7H3/b22-19-/t21-/m0/s1. The average Bonchev–Trinajstić information content (AvgIpc) is 2.99. The molecule has 0 aromatic heterocycles. The monoisotopic (exact) mass is 421 g/mol. The Balaban J connectivity index is 2.17. The lowest BCUT2D eigenvalue weighted by Crippen LogP contribution is -2.37. The molecule has 1 heterocycles. The molecule has 1 fully saturated rings. The van der Waals surface area contributed by atoms with Gasteiger partial charge in [-0.25, -0.2) is 0 Å². The van der Waals surface area contributed by atoms with E-state index >= 15 is 0 Å². The van der Waals surface area contributed by atoms with Crippen molar-refractivity contribution in [3.8, 4) is 0 Å². The lowest BCUT2D eigenvalue weighted by molar-refractivity contribution is 0.190. The Bertz CT molecular complexity index is 619. The number of hydrogen-bond donors (Lipinski definition) is 0. The molecular weight excluding hydrogens is 382 g/mol. The van der Waals surface area contributed by atoms with Gasteiger partial charge in [0.15, 0.2) is 5.88 Å². The van der Waals surface area contributed by atoms with Crippen molar-refractivity contribution in [1.29, 1.82) is 0 Å². The molecule has 0 unspecified atom stereocenters. The summed E-state index contributed by atoms with van der Waals surface area (Å²) in [6, 6.07) is 11.4. The highest BCUT2D eigenvalue weighted by Gasteiger charge is 2.31. The molecule has 1 aromatic rings. The number of hydrogen-bond acceptors (Lipinski definition) is 3. The second-order valence-electron chi connectivity index (χ2n) is 9.70. The lowest BCUT2D eigenvalue weighted by Gasteiger charge is -2.35. The Morgan fingerprint density at radius 1 is 1.11 bits per heavy atom. The molecule has 0 radical (unpaired) electrons. The summed E-state index contributed by atoms with van der Waals surface area (Å²) in [6.07, 6.45) is 4.86. The van der Waals surface area contributed by atoms with E-state index in [-0.39, 0.29) is 0 Å². The van der Waals surface area contributed by atoms with Gasteiger partial charge in [0.2, 0.25) is 8.32 Å². The van der Waals surface area contributed by atoms with Crippen molar-refractivity contribution >= 4 is 26.8 Å². The minimum atomic E-state index is -1.66. The van der Waals surface area contributed by atoms with Crippen LogP contribution in [0.5, 0.6) is 0 Å². The van der Waals surface area contributed by atoms with E-state index in [0.29, 0.717) is 6.04 Å². The van der Waals surface area contributed by atoms with E-state index in [9.17, 15) is 0 Å². The van der Waals surface area contributed by atoms with Crippen molar-refractivity contribution in [2.75, 3.05) is 12.3 Å². The molecule has 152 valence electrons. The predicted molar refractivity (Wildman–Crippen MR) is 127 cm³/mol. The van der Waals surface area contributed by atoms with Gasteiger partial charge >= 0.3 is 0 Å². The maximum Gasteiger partial charge on any atom is 0.244 e. The van der Waals surface area contributed by atoms with Crippen LogP contribution in [0.1, 0.15) is 31.7 Å². The minimum absolute atomic E-state index is 0.644. The Kier molecular flexibility index (Phi) is 8.13. The van der Waals surface area contributed by atoms with E-state index in [0.717, 1.165) is 13.0 Å². The SMILES string of the molecule is C/C(Cc1ccccc1)=C(/O[Si](C)(C)C)N1CCC[C@H]1CCS[Si](C)(C)C. The summed E-state index contributed by atoms with van der Waals surface area (Å²) >= 11 is 2.22. The molecule has 2 rings (SSSR count). The summed E-state index contributed by atoms with van der Waals surface area (Å²) in [5.41, 5.74) is 2.75. The molecule has 0 N–H and O–H groups in total. The molecule has 1 atom stereocenters. The average molecular weight is 422 g/mol. The molecule has 2 nitrogen and oxygen atoms in total. The van der Waals surface area contributed by atoms with Crippen LogP contribution in [0.2, 0.25) is 39.3 Å². The van der Waals surface area contributed by atoms with Gasteiger partial charge in [0.05, 0.1) is 0 Å². The van der Waals surface area contributed by atoms with Crippen LogP contribution in [-0.4, -0.2) is 38.8 Å². The molecule has 0 bridgehead atoms. The highest BCUT2D eigenvalue weighted by molar-refractivity contribution is 8.28. The highest BCUT2D eigenvalue weighted by atomic mass is 32.4. The third-order valence-corrected chi connectivity index (χ3v) is 10.0. The van der Waals surface area contributed by atoms with Crippen molar-refractivity contribution in [2.45, 2.75) is 77.9 Å². The van der Waals surface area contributed by atoms with Crippen molar-refractivity contribution in [1.82, 2.24) is 4.90 Å². The Hall–Kier alpha value is -0.656. The largest absolute Gasteiger partial charge is 0.533 e. The molecule has 0 saturated carbocycles. The number of rotatable bonds is 9. The zero-order valence-electron chi connectivity index (χ0n) is 18.5. The van der Waals surface area contributed by atoms with Crippen molar-refractivity contribution in [3.63, 3.8) is 0 Å². The topological polar surface area (TPSA) is 12.5 Å². The van der Waals surface area contributed by atoms with Crippen molar-refractivity contribution in [3.05, 3.63) is 47.4 Å². The summed E-state index contributed by atoms with van der Waals surface area (Å²) < 4.78 is 6.68. The normalized spacial score (nSPS) is 19.2.